The number of nitrogens with one attached hydrogen (secondary N) is 3. The summed E-state index contributed by atoms with van der Waals surface area (Å²) in [7, 11) is 0.818. The summed E-state index contributed by atoms with van der Waals surface area (Å²) in [6.45, 7) is 9.00. The van der Waals surface area contributed by atoms with Gasteiger partial charge in [-0.15, -0.1) is 0 Å². The van der Waals surface area contributed by atoms with Gasteiger partial charge >= 0.3 is 0 Å². The lowest BCUT2D eigenvalue weighted by Crippen LogP contribution is -2.49. The van der Waals surface area contributed by atoms with Gasteiger partial charge in [-0.05, 0) is 50.4 Å². The summed E-state index contributed by atoms with van der Waals surface area (Å²) in [5, 5.41) is 12.8. The van der Waals surface area contributed by atoms with E-state index in [1.165, 1.54) is 0 Å². The maximum Gasteiger partial charge on any atom is 0.231 e. The molecule has 2 aromatic carbocycles. The van der Waals surface area contributed by atoms with E-state index in [-0.39, 0.29) is 0 Å². The number of hydrogen-bond donors (Lipinski definition) is 3. The number of methoxy groups -OCH3 is 1. The Morgan fingerprint density at radius 3 is 2.53 bits per heavy atom. The summed E-state index contributed by atoms with van der Waals surface area (Å²) in [6, 6.07) is 10.4. The topological polar surface area (TPSA) is 151 Å². The highest BCUT2D eigenvalue weighted by atomic mass is 31.2. The van der Waals surface area contributed by atoms with Gasteiger partial charge in [-0.3, -0.25) is 19.5 Å². The van der Waals surface area contributed by atoms with Gasteiger partial charge in [0.1, 0.15) is 29.9 Å². The molecular formula is C36H42N11O3P. The van der Waals surface area contributed by atoms with Crippen LogP contribution >= 0.6 is 7.14 Å². The Balaban J connectivity index is 1.14. The van der Waals surface area contributed by atoms with E-state index in [1.807, 2.05) is 48.5 Å². The van der Waals surface area contributed by atoms with E-state index in [4.69, 9.17) is 19.4 Å². The summed E-state index contributed by atoms with van der Waals surface area (Å²) >= 11 is 0. The van der Waals surface area contributed by atoms with E-state index >= 15 is 0 Å². The van der Waals surface area contributed by atoms with Gasteiger partial charge in [-0.25, -0.2) is 0 Å². The van der Waals surface area contributed by atoms with Crippen LogP contribution in [0, 0.1) is 0 Å². The van der Waals surface area contributed by atoms with Crippen LogP contribution in [0.1, 0.15) is 12.8 Å². The standard InChI is InChI=1S/C36H42N11O3P/c1-45-22-23(21-40-45)26-19-29(31(49-2)20-30(26)47-13-8-24(9-14-47)46-15-17-50-18-16-46)42-36-43-34-25(7-10-39-34)35(44-36)41-28-6-5-27-32(38-12-11-37-27)33(28)51(3,4)48/h5-7,10-12,19-22,24H,8-9,13-18H2,1-4H3,(H3,39,41,42,43,44). The number of anilines is 5. The lowest BCUT2D eigenvalue weighted by atomic mass is 9.99. The number of rotatable bonds is 9. The molecule has 0 amide bonds. The first-order valence-electron chi connectivity index (χ1n) is 17.2. The molecule has 51 heavy (non-hydrogen) atoms. The van der Waals surface area contributed by atoms with Crippen LogP contribution in [0.25, 0.3) is 33.2 Å². The minimum atomic E-state index is -2.79. The molecule has 0 aliphatic carbocycles. The lowest BCUT2D eigenvalue weighted by Gasteiger charge is -2.41. The molecule has 0 unspecified atom stereocenters. The Labute approximate surface area is 296 Å². The minimum Gasteiger partial charge on any atom is -0.494 e. The average molecular weight is 708 g/mol. The summed E-state index contributed by atoms with van der Waals surface area (Å²) in [6.07, 6.45) is 11.2. The molecule has 4 aromatic heterocycles. The predicted molar refractivity (Wildman–Crippen MR) is 202 cm³/mol. The van der Waals surface area contributed by atoms with Crippen molar-refractivity contribution in [2.45, 2.75) is 18.9 Å². The van der Waals surface area contributed by atoms with Gasteiger partial charge in [0.15, 0.2) is 0 Å². The van der Waals surface area contributed by atoms with Crippen molar-refractivity contribution < 1.29 is 14.0 Å². The molecule has 264 valence electrons. The molecule has 8 rings (SSSR count). The molecule has 0 radical (unpaired) electrons. The number of fused-ring (bicyclic) bond motifs is 2. The van der Waals surface area contributed by atoms with E-state index in [2.05, 4.69) is 52.6 Å². The quantitative estimate of drug-likeness (QED) is 0.166. The van der Waals surface area contributed by atoms with Gasteiger partial charge in [0.25, 0.3) is 0 Å². The Bertz CT molecular complexity index is 2250. The number of piperidine rings is 1. The molecule has 6 aromatic rings. The van der Waals surface area contributed by atoms with E-state index in [1.54, 1.807) is 32.8 Å². The molecule has 15 heteroatoms. The van der Waals surface area contributed by atoms with Crippen molar-refractivity contribution in [3.8, 4) is 16.9 Å². The molecule has 2 fully saturated rings. The molecule has 2 aliphatic rings. The number of hydrogen-bond acceptors (Lipinski definition) is 12. The minimum absolute atomic E-state index is 0.361. The zero-order valence-corrected chi connectivity index (χ0v) is 30.2. The maximum atomic E-state index is 13.6. The summed E-state index contributed by atoms with van der Waals surface area (Å²) < 4.78 is 27.0. The highest BCUT2D eigenvalue weighted by molar-refractivity contribution is 7.71. The van der Waals surface area contributed by atoms with E-state index in [9.17, 15) is 4.57 Å². The molecule has 3 N–H and O–H groups in total. The van der Waals surface area contributed by atoms with Gasteiger partial charge in [0, 0.05) is 86.9 Å². The van der Waals surface area contributed by atoms with E-state index in [0.29, 0.717) is 56.9 Å². The SMILES string of the molecule is COc1cc(N2CCC(N3CCOCC3)CC2)c(-c2cnn(C)c2)cc1Nc1nc(Nc2ccc3nccnc3c2P(C)(C)=O)c2cc[nH]c2n1. The van der Waals surface area contributed by atoms with Crippen LogP contribution < -0.4 is 25.6 Å². The van der Waals surface area contributed by atoms with Crippen LogP contribution in [-0.2, 0) is 16.3 Å². The van der Waals surface area contributed by atoms with Crippen molar-refractivity contribution in [1.82, 2.24) is 39.6 Å². The number of nitrogens with zero attached hydrogens (tertiary/aromatic N) is 8. The van der Waals surface area contributed by atoms with Gasteiger partial charge in [-0.2, -0.15) is 15.1 Å². The molecule has 0 bridgehead atoms. The Morgan fingerprint density at radius 1 is 0.980 bits per heavy atom. The highest BCUT2D eigenvalue weighted by Crippen LogP contribution is 2.43. The van der Waals surface area contributed by atoms with Crippen LogP contribution in [0.15, 0.2) is 61.3 Å². The van der Waals surface area contributed by atoms with Gasteiger partial charge in [-0.1, -0.05) is 0 Å². The van der Waals surface area contributed by atoms with Crippen molar-refractivity contribution in [2.75, 3.05) is 75.4 Å². The number of aromatic amines is 1. The molecule has 0 spiro atoms. The second-order valence-corrected chi connectivity index (χ2v) is 16.6. The van der Waals surface area contributed by atoms with Crippen molar-refractivity contribution in [3.63, 3.8) is 0 Å². The fraction of sp³-hybridized carbons (Fsp3) is 0.361. The zero-order valence-electron chi connectivity index (χ0n) is 29.3. The predicted octanol–water partition coefficient (Wildman–Crippen LogP) is 5.35. The molecule has 6 heterocycles. The molecule has 14 nitrogen and oxygen atoms in total. The van der Waals surface area contributed by atoms with Crippen molar-refractivity contribution >= 4 is 63.3 Å². The monoisotopic (exact) mass is 707 g/mol. The van der Waals surface area contributed by atoms with Gasteiger partial charge in [0.2, 0.25) is 5.95 Å². The Morgan fingerprint density at radius 2 is 1.78 bits per heavy atom. The van der Waals surface area contributed by atoms with Crippen molar-refractivity contribution in [2.24, 2.45) is 7.05 Å². The van der Waals surface area contributed by atoms with Gasteiger partial charge in [0.05, 0.1) is 54.1 Å². The first kappa shape index (κ1) is 33.1. The second-order valence-electron chi connectivity index (χ2n) is 13.5. The summed E-state index contributed by atoms with van der Waals surface area (Å²) in [4.78, 5) is 27.0. The summed E-state index contributed by atoms with van der Waals surface area (Å²) in [5.41, 5.74) is 6.44. The molecule has 0 atom stereocenters. The van der Waals surface area contributed by atoms with Crippen LogP contribution in [0.2, 0.25) is 0 Å². The average Bonchev–Trinajstić information content (AvgIpc) is 3.80. The second kappa shape index (κ2) is 13.6. The third-order valence-electron chi connectivity index (χ3n) is 9.77. The third-order valence-corrected chi connectivity index (χ3v) is 11.3. The van der Waals surface area contributed by atoms with E-state index in [0.717, 1.165) is 74.4 Å². The summed E-state index contributed by atoms with van der Waals surface area (Å²) in [5.74, 6) is 1.58. The molecule has 2 saturated heterocycles. The fourth-order valence-corrected chi connectivity index (χ4v) is 8.70. The first-order valence-corrected chi connectivity index (χ1v) is 19.8. The lowest BCUT2D eigenvalue weighted by molar-refractivity contribution is 0.0115. The number of ether oxygens (including phenoxy) is 2. The zero-order chi connectivity index (χ0) is 35.1. The largest absolute Gasteiger partial charge is 0.494 e. The normalized spacial score (nSPS) is 16.2. The molecular weight excluding hydrogens is 665 g/mol. The number of H-pyrrole nitrogens is 1. The molecule has 2 aliphatic heterocycles. The Kier molecular flexibility index (Phi) is 8.83. The number of benzene rings is 2. The first-order chi connectivity index (χ1) is 24.7. The smallest absolute Gasteiger partial charge is 0.231 e. The van der Waals surface area contributed by atoms with E-state index < -0.39 is 7.14 Å². The van der Waals surface area contributed by atoms with Crippen LogP contribution in [-0.4, -0.2) is 105 Å². The fourth-order valence-electron chi connectivity index (χ4n) is 7.31. The maximum absolute atomic E-state index is 13.6. The number of aromatic nitrogens is 7. The molecule has 0 saturated carbocycles. The van der Waals surface area contributed by atoms with Crippen molar-refractivity contribution in [3.05, 3.63) is 61.3 Å². The van der Waals surface area contributed by atoms with Crippen LogP contribution in [0.4, 0.5) is 28.8 Å². The number of morpholine rings is 1. The van der Waals surface area contributed by atoms with Gasteiger partial charge < -0.3 is 34.6 Å². The third kappa shape index (κ3) is 6.62. The van der Waals surface area contributed by atoms with Crippen molar-refractivity contribution in [1.29, 1.82) is 0 Å². The van der Waals surface area contributed by atoms with Crippen LogP contribution in [0.5, 0.6) is 5.75 Å². The Hall–Kier alpha value is -5.04. The van der Waals surface area contributed by atoms with Crippen LogP contribution in [0.3, 0.4) is 0 Å². The highest BCUT2D eigenvalue weighted by Gasteiger charge is 2.28. The number of aryl methyl sites for hydroxylation is 1.